The molecule has 0 aliphatic carbocycles. The van der Waals surface area contributed by atoms with Gasteiger partial charge in [0.25, 0.3) is 17.4 Å². The Morgan fingerprint density at radius 1 is 0.841 bits per heavy atom. The van der Waals surface area contributed by atoms with Crippen molar-refractivity contribution in [1.82, 2.24) is 34.8 Å². The molecule has 3 aromatic heterocycles. The highest BCUT2D eigenvalue weighted by Crippen LogP contribution is 2.39. The predicted octanol–water partition coefficient (Wildman–Crippen LogP) is 5.12. The molecule has 0 spiro atoms. The summed E-state index contributed by atoms with van der Waals surface area (Å²) < 4.78 is 30.5. The third-order valence-corrected chi connectivity index (χ3v) is 11.0. The number of rotatable bonds is 20. The number of fused-ring (bicyclic) bond motifs is 2. The molecule has 1 saturated heterocycles. The highest BCUT2D eigenvalue weighted by atomic mass is 32.2. The first kappa shape index (κ1) is 42.7. The third kappa shape index (κ3) is 9.75. The van der Waals surface area contributed by atoms with E-state index < -0.39 is 29.7 Å². The maximum Gasteiger partial charge on any atom is 0.274 e. The summed E-state index contributed by atoms with van der Waals surface area (Å²) in [5, 5.41) is 14.6. The molecular weight excluding hydrogens is 831 g/mol. The average molecular weight is 876 g/mol. The predicted molar refractivity (Wildman–Crippen MR) is 235 cm³/mol. The summed E-state index contributed by atoms with van der Waals surface area (Å²) >= 11 is 1.59. The van der Waals surface area contributed by atoms with E-state index >= 15 is 0 Å². The van der Waals surface area contributed by atoms with Crippen LogP contribution in [0.15, 0.2) is 90.1 Å². The number of carbonyl (C=O) groups excluding carboxylic acids is 4. The molecule has 1 atom stereocenters. The second-order valence-corrected chi connectivity index (χ2v) is 15.7. The molecule has 63 heavy (non-hydrogen) atoms. The van der Waals surface area contributed by atoms with Crippen molar-refractivity contribution < 1.29 is 38.1 Å². The Morgan fingerprint density at radius 2 is 1.63 bits per heavy atom. The Labute approximate surface area is 365 Å². The number of anilines is 2. The minimum absolute atomic E-state index is 0.0631. The Kier molecular flexibility index (Phi) is 13.2. The number of aromatic amines is 1. The molecule has 6 aromatic rings. The van der Waals surface area contributed by atoms with Crippen molar-refractivity contribution in [2.45, 2.75) is 39.0 Å². The van der Waals surface area contributed by atoms with Crippen LogP contribution in [0.4, 0.5) is 11.4 Å². The topological polar surface area (TPSA) is 213 Å². The normalized spacial score (nSPS) is 14.9. The number of ether oxygens (including phenoxy) is 4. The van der Waals surface area contributed by atoms with Crippen molar-refractivity contribution >= 4 is 57.9 Å². The molecule has 3 aromatic carbocycles. The number of hydrogen-bond donors (Lipinski definition) is 4. The van der Waals surface area contributed by atoms with Gasteiger partial charge in [0.15, 0.2) is 0 Å². The molecule has 1 fully saturated rings. The molecule has 18 nitrogen and oxygen atoms in total. The number of pyridine rings is 1. The van der Waals surface area contributed by atoms with Gasteiger partial charge >= 0.3 is 0 Å². The Bertz CT molecular complexity index is 2730. The SMILES string of the molecule is CCSNc1ccc(Oc2cccc(OCc3cn(CCOCCOCCNc4ccc5c(c4)C(=O)N(C4CCC(=O)NC4=O)C5=O)nn3)c2)c(-c2cn(C)c(=O)c3[nH]ccc23)c1. The lowest BCUT2D eigenvalue weighted by Crippen LogP contribution is -2.54. The number of aromatic nitrogens is 5. The van der Waals surface area contributed by atoms with Crippen LogP contribution in [0.3, 0.4) is 0 Å². The molecule has 0 radical (unpaired) electrons. The van der Waals surface area contributed by atoms with E-state index in [1.54, 1.807) is 58.8 Å². The number of nitrogens with zero attached hydrogens (tertiary/aromatic N) is 5. The summed E-state index contributed by atoms with van der Waals surface area (Å²) in [5.74, 6) is 0.503. The summed E-state index contributed by atoms with van der Waals surface area (Å²) in [5.41, 5.74) is 4.70. The first-order valence-electron chi connectivity index (χ1n) is 20.4. The molecule has 8 rings (SSSR count). The first-order chi connectivity index (χ1) is 30.7. The number of aryl methyl sites for hydroxylation is 1. The molecule has 2 aliphatic heterocycles. The van der Waals surface area contributed by atoms with Crippen LogP contribution in [0, 0.1) is 0 Å². The van der Waals surface area contributed by atoms with Crippen molar-refractivity contribution in [1.29, 1.82) is 0 Å². The van der Waals surface area contributed by atoms with E-state index in [2.05, 4.69) is 37.6 Å². The van der Waals surface area contributed by atoms with Gasteiger partial charge in [0.05, 0.1) is 50.3 Å². The molecule has 0 bridgehead atoms. The van der Waals surface area contributed by atoms with Gasteiger partial charge in [-0.15, -0.1) is 5.10 Å². The number of amides is 4. The second kappa shape index (κ2) is 19.4. The van der Waals surface area contributed by atoms with E-state index in [9.17, 15) is 24.0 Å². The summed E-state index contributed by atoms with van der Waals surface area (Å²) in [6.45, 7) is 4.70. The quantitative estimate of drug-likeness (QED) is 0.0446. The van der Waals surface area contributed by atoms with Gasteiger partial charge in [-0.3, -0.25) is 34.2 Å². The summed E-state index contributed by atoms with van der Waals surface area (Å²) in [7, 11) is 1.73. The Balaban J connectivity index is 0.759. The molecule has 0 saturated carbocycles. The van der Waals surface area contributed by atoms with Crippen LogP contribution in [0.5, 0.6) is 17.2 Å². The summed E-state index contributed by atoms with van der Waals surface area (Å²) in [4.78, 5) is 66.6. The van der Waals surface area contributed by atoms with Crippen molar-refractivity contribution in [3.05, 3.63) is 112 Å². The first-order valence-corrected chi connectivity index (χ1v) is 21.4. The number of carbonyl (C=O) groups is 4. The molecule has 1 unspecified atom stereocenters. The monoisotopic (exact) mass is 875 g/mol. The van der Waals surface area contributed by atoms with Crippen molar-refractivity contribution in [2.75, 3.05) is 48.8 Å². The lowest BCUT2D eigenvalue weighted by molar-refractivity contribution is -0.136. The van der Waals surface area contributed by atoms with Crippen LogP contribution in [0.25, 0.3) is 22.0 Å². The van der Waals surface area contributed by atoms with Crippen LogP contribution in [-0.2, 0) is 39.3 Å². The third-order valence-electron chi connectivity index (χ3n) is 10.4. The van der Waals surface area contributed by atoms with Gasteiger partial charge in [0.2, 0.25) is 11.8 Å². The molecule has 2 aliphatic rings. The number of piperidine rings is 1. The minimum atomic E-state index is -1.01. The van der Waals surface area contributed by atoms with Gasteiger partial charge < -0.3 is 38.5 Å². The molecule has 4 N–H and O–H groups in total. The molecule has 19 heteroatoms. The fraction of sp³-hybridized carbons (Fsp3) is 0.295. The van der Waals surface area contributed by atoms with E-state index in [-0.39, 0.29) is 36.1 Å². The van der Waals surface area contributed by atoms with Gasteiger partial charge in [0, 0.05) is 72.1 Å². The fourth-order valence-electron chi connectivity index (χ4n) is 7.29. The lowest BCUT2D eigenvalue weighted by Gasteiger charge is -2.27. The zero-order valence-corrected chi connectivity index (χ0v) is 35.4. The van der Waals surface area contributed by atoms with Gasteiger partial charge in [0.1, 0.15) is 41.1 Å². The van der Waals surface area contributed by atoms with Crippen LogP contribution in [0.2, 0.25) is 0 Å². The largest absolute Gasteiger partial charge is 0.487 e. The number of benzene rings is 3. The molecule has 326 valence electrons. The van der Waals surface area contributed by atoms with Crippen LogP contribution < -0.4 is 30.4 Å². The highest BCUT2D eigenvalue weighted by molar-refractivity contribution is 8.00. The number of H-pyrrole nitrogens is 1. The molecule has 4 amide bonds. The Morgan fingerprint density at radius 3 is 2.48 bits per heavy atom. The number of nitrogens with one attached hydrogen (secondary N) is 4. The van der Waals surface area contributed by atoms with E-state index in [1.165, 1.54) is 0 Å². The van der Waals surface area contributed by atoms with E-state index in [0.29, 0.717) is 73.7 Å². The van der Waals surface area contributed by atoms with E-state index in [4.69, 9.17) is 18.9 Å². The van der Waals surface area contributed by atoms with Gasteiger partial charge in [-0.05, 0) is 61.0 Å². The number of hydrogen-bond acceptors (Lipinski definition) is 14. The van der Waals surface area contributed by atoms with Crippen LogP contribution in [-0.4, -0.2) is 97.8 Å². The fourth-order valence-corrected chi connectivity index (χ4v) is 7.72. The maximum absolute atomic E-state index is 13.1. The highest BCUT2D eigenvalue weighted by Gasteiger charge is 2.44. The van der Waals surface area contributed by atoms with Crippen LogP contribution >= 0.6 is 11.9 Å². The zero-order chi connectivity index (χ0) is 43.9. The number of imide groups is 2. The average Bonchev–Trinajstić information content (AvgIpc) is 4.02. The van der Waals surface area contributed by atoms with E-state index in [1.807, 2.05) is 54.7 Å². The zero-order valence-electron chi connectivity index (χ0n) is 34.5. The lowest BCUT2D eigenvalue weighted by atomic mass is 10.0. The Hall–Kier alpha value is -6.96. The second-order valence-electron chi connectivity index (χ2n) is 14.7. The van der Waals surface area contributed by atoms with Crippen molar-refractivity contribution in [3.63, 3.8) is 0 Å². The van der Waals surface area contributed by atoms with Gasteiger partial charge in [-0.1, -0.05) is 30.2 Å². The van der Waals surface area contributed by atoms with Crippen molar-refractivity contribution in [2.24, 2.45) is 7.05 Å². The van der Waals surface area contributed by atoms with Gasteiger partial charge in [-0.25, -0.2) is 4.68 Å². The summed E-state index contributed by atoms with van der Waals surface area (Å²) in [6.07, 6.45) is 5.55. The minimum Gasteiger partial charge on any atom is -0.487 e. The smallest absolute Gasteiger partial charge is 0.274 e. The standard InChI is InChI=1S/C44H45N9O9S/c1-3-63-49-28-8-11-38(34(22-28)36-25-51(2)44(58)40-32(36)13-14-46-40)62-31-6-4-5-30(23-31)61-26-29-24-52(50-48-29)16-18-60-20-19-59-17-15-45-27-7-9-33-35(21-27)43(57)53(42(33)56)37-10-12-39(54)47-41(37)55/h4-9,11,13-14,21-25,37,45-46,49H,3,10,12,15-20,26H2,1-2H3,(H,47,54,55). The van der Waals surface area contributed by atoms with Crippen molar-refractivity contribution in [3.8, 4) is 28.4 Å². The maximum atomic E-state index is 13.1. The van der Waals surface area contributed by atoms with Crippen LogP contribution in [0.1, 0.15) is 46.2 Å². The summed E-state index contributed by atoms with van der Waals surface area (Å²) in [6, 6.07) is 19.0. The molecule has 5 heterocycles. The van der Waals surface area contributed by atoms with Gasteiger partial charge in [-0.2, -0.15) is 0 Å². The van der Waals surface area contributed by atoms with E-state index in [0.717, 1.165) is 32.9 Å². The molecular formula is C44H45N9O9S.